The highest BCUT2D eigenvalue weighted by Crippen LogP contribution is 2.26. The fourth-order valence-electron chi connectivity index (χ4n) is 3.32. The molecule has 1 N–H and O–H groups in total. The first-order valence-electron chi connectivity index (χ1n) is 11.2. The highest BCUT2D eigenvalue weighted by molar-refractivity contribution is 9.10. The first-order chi connectivity index (χ1) is 16.0. The number of hydrogen-bond donors (Lipinski definition) is 1. The Morgan fingerprint density at radius 3 is 2.32 bits per heavy atom. The van der Waals surface area contributed by atoms with Gasteiger partial charge in [0.05, 0.1) is 22.8 Å². The number of unbranched alkanes of at least 4 members (excludes halogenated alkanes) is 1. The molecule has 0 atom stereocenters. The van der Waals surface area contributed by atoms with Crippen LogP contribution in [0.25, 0.3) is 5.69 Å². The van der Waals surface area contributed by atoms with Gasteiger partial charge < -0.3 is 5.32 Å². The van der Waals surface area contributed by atoms with Crippen molar-refractivity contribution >= 4 is 37.7 Å². The Balaban J connectivity index is 1.88. The number of benzene rings is 2. The molecule has 0 aliphatic carbocycles. The largest absolute Gasteiger partial charge is 0.309 e. The molecule has 0 saturated carbocycles. The van der Waals surface area contributed by atoms with Crippen LogP contribution in [0.1, 0.15) is 46.2 Å². The summed E-state index contributed by atoms with van der Waals surface area (Å²) in [7, 11) is -3.83. The molecule has 0 aliphatic rings. The predicted molar refractivity (Wildman–Crippen MR) is 139 cm³/mol. The van der Waals surface area contributed by atoms with Gasteiger partial charge in [0.25, 0.3) is 0 Å². The molecule has 0 radical (unpaired) electrons. The molecule has 0 saturated heterocycles. The summed E-state index contributed by atoms with van der Waals surface area (Å²) in [4.78, 5) is 13.3. The molecular formula is C25H31BrN4O3S. The van der Waals surface area contributed by atoms with E-state index in [9.17, 15) is 13.2 Å². The molecule has 9 heteroatoms. The third-order valence-electron chi connectivity index (χ3n) is 5.28. The van der Waals surface area contributed by atoms with Crippen LogP contribution < -0.4 is 5.32 Å². The fraction of sp³-hybridized carbons (Fsp3) is 0.360. The topological polar surface area (TPSA) is 84.3 Å². The first kappa shape index (κ1) is 26.1. The van der Waals surface area contributed by atoms with Crippen molar-refractivity contribution in [1.29, 1.82) is 0 Å². The fourth-order valence-corrected chi connectivity index (χ4v) is 5.02. The molecule has 1 aromatic heterocycles. The van der Waals surface area contributed by atoms with Crippen LogP contribution in [0.15, 0.2) is 70.0 Å². The lowest BCUT2D eigenvalue weighted by Crippen LogP contribution is -2.38. The van der Waals surface area contributed by atoms with Gasteiger partial charge in [-0.3, -0.25) is 4.79 Å². The zero-order chi connectivity index (χ0) is 24.9. The minimum Gasteiger partial charge on any atom is -0.309 e. The maximum atomic E-state index is 13.3. The van der Waals surface area contributed by atoms with Gasteiger partial charge in [-0.05, 0) is 42.8 Å². The smallest absolute Gasteiger partial charge is 0.243 e. The lowest BCUT2D eigenvalue weighted by Gasteiger charge is -2.22. The zero-order valence-electron chi connectivity index (χ0n) is 20.0. The van der Waals surface area contributed by atoms with E-state index in [1.54, 1.807) is 16.8 Å². The number of anilines is 1. The molecule has 7 nitrogen and oxygen atoms in total. The molecule has 3 aromatic rings. The molecule has 182 valence electrons. The van der Waals surface area contributed by atoms with Crippen LogP contribution in [-0.4, -0.2) is 41.5 Å². The lowest BCUT2D eigenvalue weighted by atomic mass is 9.92. The molecule has 1 amide bonds. The SMILES string of the molecule is CCCCN(CC(=O)Nc1cc(C(C)(C)C)nn1-c1ccccc1)S(=O)(=O)c1ccc(Br)cc1. The summed E-state index contributed by atoms with van der Waals surface area (Å²) in [5.41, 5.74) is 1.40. The van der Waals surface area contributed by atoms with Crippen LogP contribution in [0.5, 0.6) is 0 Å². The number of para-hydroxylation sites is 1. The van der Waals surface area contributed by atoms with Crippen LogP contribution >= 0.6 is 15.9 Å². The number of hydrogen-bond acceptors (Lipinski definition) is 4. The van der Waals surface area contributed by atoms with Crippen molar-refractivity contribution < 1.29 is 13.2 Å². The summed E-state index contributed by atoms with van der Waals surface area (Å²) in [6.45, 7) is 8.10. The van der Waals surface area contributed by atoms with Crippen LogP contribution in [-0.2, 0) is 20.2 Å². The quantitative estimate of drug-likeness (QED) is 0.391. The van der Waals surface area contributed by atoms with E-state index in [-0.39, 0.29) is 23.4 Å². The highest BCUT2D eigenvalue weighted by Gasteiger charge is 2.27. The standard InChI is InChI=1S/C25H31BrN4O3S/c1-5-6-16-29(34(32,33)21-14-12-19(26)13-15-21)18-24(31)27-23-17-22(25(2,3)4)28-30(23)20-10-8-7-9-11-20/h7-15,17H,5-6,16,18H2,1-4H3,(H,27,31). The number of sulfonamides is 1. The van der Waals surface area contributed by atoms with Crippen molar-refractivity contribution in [3.63, 3.8) is 0 Å². The highest BCUT2D eigenvalue weighted by atomic mass is 79.9. The van der Waals surface area contributed by atoms with Crippen LogP contribution in [0.4, 0.5) is 5.82 Å². The second-order valence-electron chi connectivity index (χ2n) is 9.11. The zero-order valence-corrected chi connectivity index (χ0v) is 22.4. The van der Waals surface area contributed by atoms with Crippen molar-refractivity contribution in [3.8, 4) is 5.69 Å². The number of nitrogens with one attached hydrogen (secondary N) is 1. The second kappa shape index (κ2) is 10.8. The van der Waals surface area contributed by atoms with E-state index < -0.39 is 15.9 Å². The minimum absolute atomic E-state index is 0.156. The predicted octanol–water partition coefficient (Wildman–Crippen LogP) is 5.36. The number of carbonyl (C=O) groups is 1. The number of amides is 1. The Kier molecular flexibility index (Phi) is 8.33. The number of nitrogens with zero attached hydrogens (tertiary/aromatic N) is 3. The van der Waals surface area contributed by atoms with Crippen molar-refractivity contribution in [2.24, 2.45) is 0 Å². The average Bonchev–Trinajstić information content (AvgIpc) is 3.21. The van der Waals surface area contributed by atoms with E-state index in [4.69, 9.17) is 5.10 Å². The van der Waals surface area contributed by atoms with Gasteiger partial charge in [0, 0.05) is 22.5 Å². The molecule has 1 heterocycles. The number of rotatable bonds is 9. The summed E-state index contributed by atoms with van der Waals surface area (Å²) in [6.07, 6.45) is 1.46. The third kappa shape index (κ3) is 6.34. The van der Waals surface area contributed by atoms with Gasteiger partial charge in [-0.1, -0.05) is 68.2 Å². The molecule has 3 rings (SSSR count). The molecule has 34 heavy (non-hydrogen) atoms. The Hall–Kier alpha value is -2.49. The van der Waals surface area contributed by atoms with E-state index in [0.717, 1.165) is 22.3 Å². The van der Waals surface area contributed by atoms with E-state index in [0.29, 0.717) is 12.2 Å². The molecule has 0 fully saturated rings. The third-order valence-corrected chi connectivity index (χ3v) is 7.67. The van der Waals surface area contributed by atoms with Gasteiger partial charge in [-0.15, -0.1) is 0 Å². The maximum Gasteiger partial charge on any atom is 0.243 e. The normalized spacial score (nSPS) is 12.2. The van der Waals surface area contributed by atoms with Crippen molar-refractivity contribution in [1.82, 2.24) is 14.1 Å². The van der Waals surface area contributed by atoms with E-state index in [1.807, 2.05) is 64.1 Å². The van der Waals surface area contributed by atoms with Gasteiger partial charge in [0.15, 0.2) is 0 Å². The number of carbonyl (C=O) groups excluding carboxylic acids is 1. The molecule has 0 bridgehead atoms. The second-order valence-corrected chi connectivity index (χ2v) is 12.0. The Labute approximate surface area is 210 Å². The van der Waals surface area contributed by atoms with Gasteiger partial charge in [-0.25, -0.2) is 13.1 Å². The van der Waals surface area contributed by atoms with Crippen molar-refractivity contribution in [2.75, 3.05) is 18.4 Å². The van der Waals surface area contributed by atoms with Gasteiger partial charge in [0.1, 0.15) is 5.82 Å². The summed E-state index contributed by atoms with van der Waals surface area (Å²) in [5, 5.41) is 7.59. The number of aromatic nitrogens is 2. The molecule has 2 aromatic carbocycles. The van der Waals surface area contributed by atoms with Gasteiger partial charge in [0.2, 0.25) is 15.9 Å². The monoisotopic (exact) mass is 546 g/mol. The maximum absolute atomic E-state index is 13.3. The molecule has 0 aliphatic heterocycles. The van der Waals surface area contributed by atoms with E-state index in [2.05, 4.69) is 21.2 Å². The van der Waals surface area contributed by atoms with Crippen LogP contribution in [0, 0.1) is 0 Å². The van der Waals surface area contributed by atoms with E-state index >= 15 is 0 Å². The Morgan fingerprint density at radius 1 is 1.09 bits per heavy atom. The van der Waals surface area contributed by atoms with E-state index in [1.165, 1.54) is 16.4 Å². The summed E-state index contributed by atoms with van der Waals surface area (Å²) >= 11 is 3.33. The van der Waals surface area contributed by atoms with Crippen molar-refractivity contribution in [2.45, 2.75) is 50.8 Å². The van der Waals surface area contributed by atoms with Gasteiger partial charge in [-0.2, -0.15) is 9.40 Å². The molecule has 0 spiro atoms. The Morgan fingerprint density at radius 2 is 1.74 bits per heavy atom. The van der Waals surface area contributed by atoms with Crippen molar-refractivity contribution in [3.05, 3.63) is 70.8 Å². The van der Waals surface area contributed by atoms with Crippen LogP contribution in [0.2, 0.25) is 0 Å². The molecule has 0 unspecified atom stereocenters. The average molecular weight is 548 g/mol. The summed E-state index contributed by atoms with van der Waals surface area (Å²) in [5.74, 6) is 0.0759. The number of halogens is 1. The first-order valence-corrected chi connectivity index (χ1v) is 13.5. The summed E-state index contributed by atoms with van der Waals surface area (Å²) in [6, 6.07) is 17.8. The minimum atomic E-state index is -3.83. The summed E-state index contributed by atoms with van der Waals surface area (Å²) < 4.78 is 30.3. The van der Waals surface area contributed by atoms with Crippen LogP contribution in [0.3, 0.4) is 0 Å². The Bertz CT molecular complexity index is 1220. The lowest BCUT2D eigenvalue weighted by molar-refractivity contribution is -0.116. The van der Waals surface area contributed by atoms with Gasteiger partial charge >= 0.3 is 0 Å². The molecular weight excluding hydrogens is 516 g/mol.